The molecule has 0 atom stereocenters. The van der Waals surface area contributed by atoms with Crippen LogP contribution in [0.5, 0.6) is 0 Å². The Bertz CT molecular complexity index is 91.1. The lowest BCUT2D eigenvalue weighted by atomic mass is 10.2. The van der Waals surface area contributed by atoms with Crippen molar-refractivity contribution >= 4 is 5.78 Å². The third kappa shape index (κ3) is 7.15. The average molecular weight is 122 g/mol. The van der Waals surface area contributed by atoms with Gasteiger partial charge < -0.3 is 0 Å². The standard InChI is InChI=1S/C7H10O.C/c1-3-5-7(8)6-4-2;/h3-4H,1-2,5-6H2;. The van der Waals surface area contributed by atoms with E-state index in [2.05, 4.69) is 13.2 Å². The summed E-state index contributed by atoms with van der Waals surface area (Å²) in [6.45, 7) is 6.86. The van der Waals surface area contributed by atoms with Crippen molar-refractivity contribution in [3.63, 3.8) is 0 Å². The lowest BCUT2D eigenvalue weighted by Gasteiger charge is -1.85. The van der Waals surface area contributed by atoms with Gasteiger partial charge in [-0.1, -0.05) is 12.2 Å². The van der Waals surface area contributed by atoms with Gasteiger partial charge in [0.25, 0.3) is 0 Å². The first-order chi connectivity index (χ1) is 3.81. The van der Waals surface area contributed by atoms with Crippen molar-refractivity contribution in [1.82, 2.24) is 0 Å². The fourth-order valence-corrected chi connectivity index (χ4v) is 0.405. The Labute approximate surface area is 57.1 Å². The van der Waals surface area contributed by atoms with Gasteiger partial charge >= 0.3 is 0 Å². The van der Waals surface area contributed by atoms with Crippen LogP contribution in [0, 0.1) is 7.43 Å². The minimum atomic E-state index is 0. The van der Waals surface area contributed by atoms with E-state index in [4.69, 9.17) is 0 Å². The second-order valence-corrected chi connectivity index (χ2v) is 1.52. The van der Waals surface area contributed by atoms with Crippen LogP contribution in [-0.2, 0) is 4.79 Å². The number of allylic oxidation sites excluding steroid dienone is 2. The normalized spacial score (nSPS) is 7.11. The van der Waals surface area contributed by atoms with Gasteiger partial charge in [-0.3, -0.25) is 4.79 Å². The topological polar surface area (TPSA) is 17.1 Å². The molecule has 1 heteroatoms. The molecule has 0 aliphatic heterocycles. The van der Waals surface area contributed by atoms with Crippen molar-refractivity contribution in [1.29, 1.82) is 0 Å². The quantitative estimate of drug-likeness (QED) is 0.519. The Balaban J connectivity index is 0. The number of Topliss-reactive ketones (excluding diaryl/α,β-unsaturated/α-hetero) is 1. The SMILES string of the molecule is C=CCC(=O)CC=C.[C]. The summed E-state index contributed by atoms with van der Waals surface area (Å²) in [6.07, 6.45) is 4.13. The summed E-state index contributed by atoms with van der Waals surface area (Å²) in [6, 6.07) is 0. The molecule has 0 bridgehead atoms. The van der Waals surface area contributed by atoms with Crippen LogP contribution in [0.4, 0.5) is 0 Å². The molecule has 48 valence electrons. The van der Waals surface area contributed by atoms with E-state index in [-0.39, 0.29) is 13.2 Å². The van der Waals surface area contributed by atoms with E-state index in [0.29, 0.717) is 12.8 Å². The molecule has 0 amide bonds. The predicted octanol–water partition coefficient (Wildman–Crippen LogP) is 1.79. The molecule has 0 saturated heterocycles. The third-order valence-corrected chi connectivity index (χ3v) is 0.744. The third-order valence-electron chi connectivity index (χ3n) is 0.744. The molecule has 0 aromatic carbocycles. The van der Waals surface area contributed by atoms with Gasteiger partial charge in [-0.15, -0.1) is 13.2 Å². The van der Waals surface area contributed by atoms with Crippen LogP contribution in [0.15, 0.2) is 25.3 Å². The van der Waals surface area contributed by atoms with Crippen LogP contribution in [0.1, 0.15) is 12.8 Å². The van der Waals surface area contributed by atoms with Crippen LogP contribution >= 0.6 is 0 Å². The van der Waals surface area contributed by atoms with Gasteiger partial charge in [0, 0.05) is 20.3 Å². The van der Waals surface area contributed by atoms with Crippen molar-refractivity contribution in [2.45, 2.75) is 12.8 Å². The first-order valence-corrected chi connectivity index (χ1v) is 2.54. The first-order valence-electron chi connectivity index (χ1n) is 2.54. The summed E-state index contributed by atoms with van der Waals surface area (Å²) in [5, 5.41) is 0. The molecular weight excluding hydrogens is 112 g/mol. The molecule has 0 N–H and O–H groups in total. The molecular formula is C8H10O. The zero-order valence-electron chi connectivity index (χ0n) is 5.39. The van der Waals surface area contributed by atoms with E-state index in [1.165, 1.54) is 0 Å². The number of hydrogen-bond donors (Lipinski definition) is 0. The van der Waals surface area contributed by atoms with Gasteiger partial charge in [0.05, 0.1) is 0 Å². The number of hydrogen-bond acceptors (Lipinski definition) is 1. The first kappa shape index (κ1) is 11.0. The molecule has 0 aromatic heterocycles. The summed E-state index contributed by atoms with van der Waals surface area (Å²) >= 11 is 0. The molecule has 1 nitrogen and oxygen atoms in total. The fraction of sp³-hybridized carbons (Fsp3) is 0.250. The second-order valence-electron chi connectivity index (χ2n) is 1.52. The van der Waals surface area contributed by atoms with E-state index >= 15 is 0 Å². The van der Waals surface area contributed by atoms with Crippen molar-refractivity contribution in [3.05, 3.63) is 32.7 Å². The summed E-state index contributed by atoms with van der Waals surface area (Å²) in [7, 11) is 0. The monoisotopic (exact) mass is 122 g/mol. The minimum Gasteiger partial charge on any atom is -0.299 e. The molecule has 9 heavy (non-hydrogen) atoms. The largest absolute Gasteiger partial charge is 0.299 e. The highest BCUT2D eigenvalue weighted by Gasteiger charge is 1.91. The molecule has 0 heterocycles. The maximum atomic E-state index is 10.5. The van der Waals surface area contributed by atoms with Crippen molar-refractivity contribution in [3.8, 4) is 0 Å². The maximum absolute atomic E-state index is 10.5. The Kier molecular flexibility index (Phi) is 8.75. The smallest absolute Gasteiger partial charge is 0.140 e. The van der Waals surface area contributed by atoms with Gasteiger partial charge in [0.2, 0.25) is 0 Å². The molecule has 0 fully saturated rings. The number of carbonyl (C=O) groups is 1. The van der Waals surface area contributed by atoms with Gasteiger partial charge in [0.1, 0.15) is 5.78 Å². The Morgan fingerprint density at radius 3 is 1.78 bits per heavy atom. The summed E-state index contributed by atoms with van der Waals surface area (Å²) < 4.78 is 0. The molecule has 0 unspecified atom stereocenters. The van der Waals surface area contributed by atoms with Gasteiger partial charge in [-0.2, -0.15) is 0 Å². The van der Waals surface area contributed by atoms with E-state index in [1.54, 1.807) is 12.2 Å². The average Bonchev–Trinajstić information content (AvgIpc) is 1.68. The lowest BCUT2D eigenvalue weighted by Crippen LogP contribution is -1.90. The molecule has 0 spiro atoms. The predicted molar refractivity (Wildman–Crippen MR) is 37.9 cm³/mol. The van der Waals surface area contributed by atoms with Crippen molar-refractivity contribution in [2.24, 2.45) is 0 Å². The summed E-state index contributed by atoms with van der Waals surface area (Å²) in [4.78, 5) is 10.5. The number of ketones is 1. The van der Waals surface area contributed by atoms with Gasteiger partial charge in [-0.05, 0) is 0 Å². The van der Waals surface area contributed by atoms with Crippen molar-refractivity contribution in [2.75, 3.05) is 0 Å². The fourth-order valence-electron chi connectivity index (χ4n) is 0.405. The number of carbonyl (C=O) groups excluding carboxylic acids is 1. The second kappa shape index (κ2) is 7.15. The van der Waals surface area contributed by atoms with E-state index in [1.807, 2.05) is 0 Å². The molecule has 0 aromatic rings. The van der Waals surface area contributed by atoms with Gasteiger partial charge in [0.15, 0.2) is 0 Å². The molecule has 0 saturated carbocycles. The lowest BCUT2D eigenvalue weighted by molar-refractivity contribution is -0.117. The maximum Gasteiger partial charge on any atom is 0.140 e. The van der Waals surface area contributed by atoms with E-state index in [0.717, 1.165) is 0 Å². The summed E-state index contributed by atoms with van der Waals surface area (Å²) in [5.74, 6) is 0.176. The highest BCUT2D eigenvalue weighted by atomic mass is 16.1. The molecule has 4 radical (unpaired) electrons. The van der Waals surface area contributed by atoms with Crippen LogP contribution in [0.2, 0.25) is 0 Å². The summed E-state index contributed by atoms with van der Waals surface area (Å²) in [5.41, 5.74) is 0. The Morgan fingerprint density at radius 1 is 1.22 bits per heavy atom. The van der Waals surface area contributed by atoms with Crippen molar-refractivity contribution < 1.29 is 4.79 Å². The van der Waals surface area contributed by atoms with E-state index < -0.39 is 0 Å². The molecule has 0 rings (SSSR count). The van der Waals surface area contributed by atoms with Crippen LogP contribution < -0.4 is 0 Å². The Hall–Kier alpha value is -0.850. The molecule has 0 aliphatic rings. The van der Waals surface area contributed by atoms with Crippen LogP contribution in [0.25, 0.3) is 0 Å². The molecule has 0 aliphatic carbocycles. The zero-order chi connectivity index (χ0) is 6.41. The van der Waals surface area contributed by atoms with Crippen LogP contribution in [0.3, 0.4) is 0 Å². The highest BCUT2D eigenvalue weighted by molar-refractivity contribution is 5.80. The number of rotatable bonds is 4. The minimum absolute atomic E-state index is 0. The zero-order valence-corrected chi connectivity index (χ0v) is 5.39. The Morgan fingerprint density at radius 2 is 1.56 bits per heavy atom. The van der Waals surface area contributed by atoms with Crippen LogP contribution in [-0.4, -0.2) is 5.78 Å². The highest BCUT2D eigenvalue weighted by Crippen LogP contribution is 1.89. The van der Waals surface area contributed by atoms with Gasteiger partial charge in [-0.25, -0.2) is 0 Å². The van der Waals surface area contributed by atoms with E-state index in [9.17, 15) is 4.79 Å².